The second-order valence-corrected chi connectivity index (χ2v) is 4.37. The summed E-state index contributed by atoms with van der Waals surface area (Å²) in [5.74, 6) is -0.146. The summed E-state index contributed by atoms with van der Waals surface area (Å²) in [7, 11) is 0. The zero-order chi connectivity index (χ0) is 12.8. The maximum atomic E-state index is 11.2. The predicted molar refractivity (Wildman–Crippen MR) is 61.2 cm³/mol. The first-order chi connectivity index (χ1) is 7.20. The minimum absolute atomic E-state index is 0.146. The number of nitrogens with zero attached hydrogens (tertiary/aromatic N) is 1. The van der Waals surface area contributed by atoms with Crippen LogP contribution in [-0.2, 0) is 9.53 Å². The molecular formula is C10H19N3O3. The molecule has 0 saturated heterocycles. The minimum atomic E-state index is -0.616. The molecule has 6 heteroatoms. The van der Waals surface area contributed by atoms with Gasteiger partial charge in [0.1, 0.15) is 5.60 Å². The monoisotopic (exact) mass is 229 g/mol. The molecule has 92 valence electrons. The van der Waals surface area contributed by atoms with E-state index in [-0.39, 0.29) is 5.91 Å². The summed E-state index contributed by atoms with van der Waals surface area (Å²) in [6, 6.07) is 0. The zero-order valence-electron chi connectivity index (χ0n) is 10.4. The highest BCUT2D eigenvalue weighted by Crippen LogP contribution is 2.06. The van der Waals surface area contributed by atoms with Crippen molar-refractivity contribution in [2.75, 3.05) is 6.54 Å². The fourth-order valence-electron chi connectivity index (χ4n) is 0.734. The number of hydrogen-bond acceptors (Lipinski definition) is 4. The summed E-state index contributed by atoms with van der Waals surface area (Å²) in [5, 5.41) is 6.31. The molecule has 6 nitrogen and oxygen atoms in total. The van der Waals surface area contributed by atoms with Crippen LogP contribution in [0.1, 0.15) is 34.6 Å². The number of ether oxygens (including phenoxy) is 1. The maximum absolute atomic E-state index is 11.2. The Bertz CT molecular complexity index is 292. The Morgan fingerprint density at radius 1 is 1.25 bits per heavy atom. The normalized spacial score (nSPS) is 11.9. The van der Waals surface area contributed by atoms with Gasteiger partial charge < -0.3 is 10.1 Å². The van der Waals surface area contributed by atoms with Crippen molar-refractivity contribution >= 4 is 17.7 Å². The molecule has 0 bridgehead atoms. The fourth-order valence-corrected chi connectivity index (χ4v) is 0.734. The third-order valence-electron chi connectivity index (χ3n) is 1.33. The number of hydrazone groups is 1. The summed E-state index contributed by atoms with van der Waals surface area (Å²) in [6.07, 6.45) is -0.616. The summed E-state index contributed by atoms with van der Waals surface area (Å²) in [4.78, 5) is 21.8. The Kier molecular flexibility index (Phi) is 5.49. The Hall–Kier alpha value is -1.59. The lowest BCUT2D eigenvalue weighted by Crippen LogP contribution is -2.32. The third-order valence-corrected chi connectivity index (χ3v) is 1.33. The van der Waals surface area contributed by atoms with Crippen LogP contribution in [0, 0.1) is 0 Å². The molecule has 16 heavy (non-hydrogen) atoms. The largest absolute Gasteiger partial charge is 0.443 e. The smallest absolute Gasteiger partial charge is 0.428 e. The van der Waals surface area contributed by atoms with Gasteiger partial charge in [-0.1, -0.05) is 0 Å². The van der Waals surface area contributed by atoms with Crippen LogP contribution in [0.4, 0.5) is 4.79 Å². The van der Waals surface area contributed by atoms with Crippen LogP contribution in [0.3, 0.4) is 0 Å². The van der Waals surface area contributed by atoms with Gasteiger partial charge in [0, 0.05) is 6.92 Å². The number of carbonyl (C=O) groups is 2. The Morgan fingerprint density at radius 2 is 1.81 bits per heavy atom. The molecule has 0 atom stereocenters. The van der Waals surface area contributed by atoms with E-state index in [4.69, 9.17) is 4.74 Å². The summed E-state index contributed by atoms with van der Waals surface area (Å²) >= 11 is 0. The molecule has 0 radical (unpaired) electrons. The van der Waals surface area contributed by atoms with Crippen molar-refractivity contribution in [2.24, 2.45) is 5.10 Å². The van der Waals surface area contributed by atoms with Gasteiger partial charge in [-0.25, -0.2) is 10.2 Å². The molecular weight excluding hydrogens is 210 g/mol. The highest BCUT2D eigenvalue weighted by Gasteiger charge is 2.15. The molecule has 0 aliphatic heterocycles. The molecule has 0 unspecified atom stereocenters. The lowest BCUT2D eigenvalue weighted by atomic mass is 10.2. The highest BCUT2D eigenvalue weighted by atomic mass is 16.6. The third kappa shape index (κ3) is 8.98. The number of rotatable bonds is 3. The van der Waals surface area contributed by atoms with E-state index in [9.17, 15) is 9.59 Å². The van der Waals surface area contributed by atoms with Crippen LogP contribution >= 0.6 is 0 Å². The molecule has 0 fully saturated rings. The standard InChI is InChI=1S/C10H19N3O3/c1-7(6-11-8(2)14)12-13-9(15)16-10(3,4)5/h6H2,1-5H3,(H,11,14)(H,13,15). The van der Waals surface area contributed by atoms with Gasteiger partial charge in [0.15, 0.2) is 0 Å². The number of amides is 2. The van der Waals surface area contributed by atoms with Gasteiger partial charge in [-0.05, 0) is 27.7 Å². The zero-order valence-corrected chi connectivity index (χ0v) is 10.4. The van der Waals surface area contributed by atoms with Crippen molar-refractivity contribution in [2.45, 2.75) is 40.2 Å². The van der Waals surface area contributed by atoms with Gasteiger partial charge in [0.2, 0.25) is 5.91 Å². The first-order valence-electron chi connectivity index (χ1n) is 4.97. The van der Waals surface area contributed by atoms with E-state index in [0.717, 1.165) is 0 Å². The number of nitrogens with one attached hydrogen (secondary N) is 2. The molecule has 0 aromatic carbocycles. The van der Waals surface area contributed by atoms with E-state index in [1.807, 2.05) is 0 Å². The average Bonchev–Trinajstić information content (AvgIpc) is 2.08. The van der Waals surface area contributed by atoms with Crippen LogP contribution in [0.2, 0.25) is 0 Å². The van der Waals surface area contributed by atoms with Crippen LogP contribution in [0.15, 0.2) is 5.10 Å². The van der Waals surface area contributed by atoms with Gasteiger partial charge in [0.05, 0.1) is 12.3 Å². The lowest BCUT2D eigenvalue weighted by molar-refractivity contribution is -0.118. The average molecular weight is 229 g/mol. The van der Waals surface area contributed by atoms with E-state index < -0.39 is 11.7 Å². The molecule has 0 aliphatic rings. The molecule has 0 aromatic heterocycles. The van der Waals surface area contributed by atoms with Gasteiger partial charge in [-0.15, -0.1) is 0 Å². The molecule has 2 N–H and O–H groups in total. The van der Waals surface area contributed by atoms with E-state index in [1.165, 1.54) is 6.92 Å². The van der Waals surface area contributed by atoms with Crippen molar-refractivity contribution in [3.8, 4) is 0 Å². The molecule has 0 aromatic rings. The van der Waals surface area contributed by atoms with Crippen LogP contribution in [0.5, 0.6) is 0 Å². The molecule has 0 aliphatic carbocycles. The van der Waals surface area contributed by atoms with Crippen molar-refractivity contribution in [3.05, 3.63) is 0 Å². The quantitative estimate of drug-likeness (QED) is 0.560. The lowest BCUT2D eigenvalue weighted by Gasteiger charge is -2.18. The van der Waals surface area contributed by atoms with E-state index in [2.05, 4.69) is 15.8 Å². The predicted octanol–water partition coefficient (Wildman–Crippen LogP) is 1.02. The van der Waals surface area contributed by atoms with Crippen molar-refractivity contribution in [1.29, 1.82) is 0 Å². The second kappa shape index (κ2) is 6.09. The molecule has 0 saturated carbocycles. The Balaban J connectivity index is 3.97. The molecule has 0 spiro atoms. The SMILES string of the molecule is CC(=O)NCC(C)=NNC(=O)OC(C)(C)C. The maximum Gasteiger partial charge on any atom is 0.428 e. The van der Waals surface area contributed by atoms with E-state index in [1.54, 1.807) is 27.7 Å². The van der Waals surface area contributed by atoms with Gasteiger partial charge in [-0.2, -0.15) is 5.10 Å². The summed E-state index contributed by atoms with van der Waals surface area (Å²) in [6.45, 7) is 8.69. The Labute approximate surface area is 95.4 Å². The number of carbonyl (C=O) groups excluding carboxylic acids is 2. The van der Waals surface area contributed by atoms with Gasteiger partial charge in [0.25, 0.3) is 0 Å². The van der Waals surface area contributed by atoms with E-state index in [0.29, 0.717) is 12.3 Å². The fraction of sp³-hybridized carbons (Fsp3) is 0.700. The topological polar surface area (TPSA) is 79.8 Å². The van der Waals surface area contributed by atoms with Gasteiger partial charge >= 0.3 is 6.09 Å². The van der Waals surface area contributed by atoms with Crippen LogP contribution in [0.25, 0.3) is 0 Å². The molecule has 0 heterocycles. The first kappa shape index (κ1) is 14.4. The first-order valence-corrected chi connectivity index (χ1v) is 4.97. The molecule has 0 rings (SSSR count). The van der Waals surface area contributed by atoms with Crippen molar-refractivity contribution in [3.63, 3.8) is 0 Å². The van der Waals surface area contributed by atoms with Crippen molar-refractivity contribution < 1.29 is 14.3 Å². The van der Waals surface area contributed by atoms with E-state index >= 15 is 0 Å². The Morgan fingerprint density at radius 3 is 2.25 bits per heavy atom. The van der Waals surface area contributed by atoms with Gasteiger partial charge in [-0.3, -0.25) is 4.79 Å². The number of hydrogen-bond donors (Lipinski definition) is 2. The minimum Gasteiger partial charge on any atom is -0.443 e. The van der Waals surface area contributed by atoms with Crippen LogP contribution in [-0.4, -0.2) is 29.9 Å². The summed E-state index contributed by atoms with van der Waals surface area (Å²) in [5.41, 5.74) is 2.27. The van der Waals surface area contributed by atoms with Crippen LogP contribution < -0.4 is 10.7 Å². The van der Waals surface area contributed by atoms with Crippen molar-refractivity contribution in [1.82, 2.24) is 10.7 Å². The summed E-state index contributed by atoms with van der Waals surface area (Å²) < 4.78 is 4.97. The molecule has 2 amide bonds. The highest BCUT2D eigenvalue weighted by molar-refractivity contribution is 5.88. The second-order valence-electron chi connectivity index (χ2n) is 4.37.